The van der Waals surface area contributed by atoms with Gasteiger partial charge in [0.15, 0.2) is 5.78 Å². The molecule has 0 fully saturated rings. The monoisotopic (exact) mass is 320 g/mol. The van der Waals surface area contributed by atoms with Gasteiger partial charge in [0.25, 0.3) is 0 Å². The molecule has 4 heteroatoms. The number of Topliss-reactive ketones (excluding diaryl/α,β-unsaturated/α-hetero) is 1. The van der Waals surface area contributed by atoms with E-state index < -0.39 is 0 Å². The second-order valence-electron chi connectivity index (χ2n) is 6.14. The summed E-state index contributed by atoms with van der Waals surface area (Å²) in [7, 11) is 1.74. The molecular formula is C20H17FN2O. The van der Waals surface area contributed by atoms with Crippen LogP contribution in [0.5, 0.6) is 0 Å². The average molecular weight is 320 g/mol. The lowest BCUT2D eigenvalue weighted by Gasteiger charge is -2.04. The second kappa shape index (κ2) is 5.71. The number of aromatic nitrogens is 1. The molecule has 1 N–H and O–H groups in total. The molecule has 2 aromatic carbocycles. The fourth-order valence-corrected chi connectivity index (χ4v) is 3.53. The highest BCUT2D eigenvalue weighted by atomic mass is 19.1. The first-order valence-electron chi connectivity index (χ1n) is 8.07. The molecule has 0 spiro atoms. The molecule has 0 amide bonds. The number of rotatable bonds is 2. The molecule has 120 valence electrons. The van der Waals surface area contributed by atoms with Crippen LogP contribution in [0.4, 0.5) is 4.39 Å². The summed E-state index contributed by atoms with van der Waals surface area (Å²) in [6.45, 7) is 0. The first-order valence-corrected chi connectivity index (χ1v) is 8.07. The molecule has 1 aliphatic rings. The normalized spacial score (nSPS) is 14.5. The fourth-order valence-electron chi connectivity index (χ4n) is 3.53. The molecular weight excluding hydrogens is 303 g/mol. The number of ketones is 1. The molecule has 1 aromatic heterocycles. The van der Waals surface area contributed by atoms with Crippen LogP contribution >= 0.6 is 0 Å². The summed E-state index contributed by atoms with van der Waals surface area (Å²) in [5, 5.41) is 0.882. The maximum Gasteiger partial charge on any atom is 0.163 e. The van der Waals surface area contributed by atoms with Crippen molar-refractivity contribution < 1.29 is 9.18 Å². The minimum atomic E-state index is -0.374. The van der Waals surface area contributed by atoms with Gasteiger partial charge in [-0.3, -0.25) is 9.79 Å². The van der Waals surface area contributed by atoms with Crippen molar-refractivity contribution in [1.29, 1.82) is 0 Å². The molecule has 0 aliphatic heterocycles. The van der Waals surface area contributed by atoms with E-state index in [0.29, 0.717) is 17.5 Å². The van der Waals surface area contributed by atoms with Gasteiger partial charge >= 0.3 is 0 Å². The Balaban J connectivity index is 1.94. The van der Waals surface area contributed by atoms with Gasteiger partial charge in [-0.15, -0.1) is 0 Å². The summed E-state index contributed by atoms with van der Waals surface area (Å²) >= 11 is 0. The molecule has 0 bridgehead atoms. The van der Waals surface area contributed by atoms with Gasteiger partial charge in [-0.1, -0.05) is 24.3 Å². The largest absolute Gasteiger partial charge is 0.354 e. The Bertz CT molecular complexity index is 967. The van der Waals surface area contributed by atoms with Crippen molar-refractivity contribution in [3.63, 3.8) is 0 Å². The average Bonchev–Trinajstić information content (AvgIpc) is 2.84. The summed E-state index contributed by atoms with van der Waals surface area (Å²) in [5.74, 6) is -0.347. The molecule has 1 aliphatic carbocycles. The van der Waals surface area contributed by atoms with Gasteiger partial charge in [-0.2, -0.15) is 0 Å². The van der Waals surface area contributed by atoms with E-state index in [2.05, 4.69) is 9.98 Å². The standard InChI is InChI=1S/C20H17FN2O/c1-22-11-12-5-7-13(8-6-12)20-15-3-2-4-18(24)16-9-14(21)10-17(23-20)19(15)16/h5-11,23H,2-4H2,1H3. The van der Waals surface area contributed by atoms with E-state index in [9.17, 15) is 9.18 Å². The van der Waals surface area contributed by atoms with Crippen molar-refractivity contribution in [1.82, 2.24) is 4.98 Å². The minimum absolute atomic E-state index is 0.0262. The third-order valence-corrected chi connectivity index (χ3v) is 4.57. The number of H-pyrrole nitrogens is 1. The molecule has 0 atom stereocenters. The van der Waals surface area contributed by atoms with E-state index in [1.165, 1.54) is 12.1 Å². The molecule has 0 radical (unpaired) electrons. The number of aromatic amines is 1. The molecule has 4 rings (SSSR count). The third-order valence-electron chi connectivity index (χ3n) is 4.57. The van der Waals surface area contributed by atoms with E-state index in [1.54, 1.807) is 13.3 Å². The second-order valence-corrected chi connectivity index (χ2v) is 6.14. The molecule has 24 heavy (non-hydrogen) atoms. The number of halogens is 1. The Hall–Kier alpha value is -2.75. The Kier molecular flexibility index (Phi) is 3.53. The van der Waals surface area contributed by atoms with Crippen LogP contribution in [-0.2, 0) is 6.42 Å². The fraction of sp³-hybridized carbons (Fsp3) is 0.200. The Morgan fingerprint density at radius 1 is 1.17 bits per heavy atom. The number of benzene rings is 2. The number of hydrogen-bond donors (Lipinski definition) is 1. The van der Waals surface area contributed by atoms with Gasteiger partial charge in [-0.05, 0) is 41.7 Å². The van der Waals surface area contributed by atoms with Crippen LogP contribution < -0.4 is 0 Å². The number of hydrogen-bond acceptors (Lipinski definition) is 2. The van der Waals surface area contributed by atoms with Gasteiger partial charge in [0, 0.05) is 41.8 Å². The van der Waals surface area contributed by atoms with E-state index in [1.807, 2.05) is 24.3 Å². The van der Waals surface area contributed by atoms with Crippen LogP contribution in [0.15, 0.2) is 41.4 Å². The summed E-state index contributed by atoms with van der Waals surface area (Å²) in [6, 6.07) is 10.9. The predicted molar refractivity (Wildman–Crippen MR) is 94.5 cm³/mol. The van der Waals surface area contributed by atoms with Crippen LogP contribution in [0.25, 0.3) is 22.2 Å². The van der Waals surface area contributed by atoms with Crippen molar-refractivity contribution in [3.05, 3.63) is 58.9 Å². The van der Waals surface area contributed by atoms with E-state index >= 15 is 0 Å². The Labute approximate surface area is 139 Å². The Morgan fingerprint density at radius 3 is 2.71 bits per heavy atom. The third kappa shape index (κ3) is 2.35. The van der Waals surface area contributed by atoms with E-state index in [4.69, 9.17) is 0 Å². The maximum absolute atomic E-state index is 13.9. The number of aryl methyl sites for hydroxylation is 1. The lowest BCUT2D eigenvalue weighted by Crippen LogP contribution is -1.98. The Morgan fingerprint density at radius 2 is 1.96 bits per heavy atom. The lowest BCUT2D eigenvalue weighted by molar-refractivity contribution is 0.0982. The van der Waals surface area contributed by atoms with Gasteiger partial charge in [0.05, 0.1) is 0 Å². The van der Waals surface area contributed by atoms with Gasteiger partial charge in [0.1, 0.15) is 5.82 Å². The highest BCUT2D eigenvalue weighted by molar-refractivity contribution is 6.11. The summed E-state index contributed by atoms with van der Waals surface area (Å²) in [4.78, 5) is 19.7. The van der Waals surface area contributed by atoms with Gasteiger partial charge in [0.2, 0.25) is 0 Å². The van der Waals surface area contributed by atoms with E-state index in [0.717, 1.165) is 40.6 Å². The number of nitrogens with one attached hydrogen (secondary N) is 1. The SMILES string of the molecule is CN=Cc1ccc(-c2[nH]c3cc(F)cc4c3c2CCCC4=O)cc1. The topological polar surface area (TPSA) is 45.2 Å². The first-order chi connectivity index (χ1) is 11.7. The van der Waals surface area contributed by atoms with Crippen LogP contribution in [0.3, 0.4) is 0 Å². The number of carbonyl (C=O) groups excluding carboxylic acids is 1. The smallest absolute Gasteiger partial charge is 0.163 e. The highest BCUT2D eigenvalue weighted by Gasteiger charge is 2.23. The molecule has 1 heterocycles. The number of aliphatic imine (C=N–C) groups is 1. The quantitative estimate of drug-likeness (QED) is 0.692. The zero-order chi connectivity index (χ0) is 16.7. The minimum Gasteiger partial charge on any atom is -0.354 e. The zero-order valence-electron chi connectivity index (χ0n) is 13.4. The van der Waals surface area contributed by atoms with Crippen molar-refractivity contribution in [2.45, 2.75) is 19.3 Å². The summed E-state index contributed by atoms with van der Waals surface area (Å²) in [6.07, 6.45) is 3.88. The van der Waals surface area contributed by atoms with Crippen molar-refractivity contribution >= 4 is 22.9 Å². The van der Waals surface area contributed by atoms with Crippen molar-refractivity contribution in [3.8, 4) is 11.3 Å². The number of carbonyl (C=O) groups is 1. The maximum atomic E-state index is 13.9. The molecule has 0 saturated heterocycles. The van der Waals surface area contributed by atoms with Gasteiger partial charge < -0.3 is 4.98 Å². The van der Waals surface area contributed by atoms with Crippen LogP contribution in [0, 0.1) is 5.82 Å². The number of nitrogens with zero attached hydrogens (tertiary/aromatic N) is 1. The molecule has 3 aromatic rings. The van der Waals surface area contributed by atoms with E-state index in [-0.39, 0.29) is 11.6 Å². The molecule has 0 saturated carbocycles. The predicted octanol–water partition coefficient (Wildman–Crippen LogP) is 4.54. The summed E-state index contributed by atoms with van der Waals surface area (Å²) < 4.78 is 13.9. The molecule has 0 unspecified atom stereocenters. The molecule has 3 nitrogen and oxygen atoms in total. The first kappa shape index (κ1) is 14.8. The van der Waals surface area contributed by atoms with Crippen molar-refractivity contribution in [2.75, 3.05) is 7.05 Å². The van der Waals surface area contributed by atoms with Crippen LogP contribution in [0.1, 0.15) is 34.3 Å². The van der Waals surface area contributed by atoms with Crippen molar-refractivity contribution in [2.24, 2.45) is 4.99 Å². The van der Waals surface area contributed by atoms with Crippen LogP contribution in [0.2, 0.25) is 0 Å². The zero-order valence-corrected chi connectivity index (χ0v) is 13.4. The lowest BCUT2D eigenvalue weighted by atomic mass is 10.00. The highest BCUT2D eigenvalue weighted by Crippen LogP contribution is 2.36. The summed E-state index contributed by atoms with van der Waals surface area (Å²) in [5.41, 5.74) is 5.37. The van der Waals surface area contributed by atoms with Crippen LogP contribution in [-0.4, -0.2) is 24.0 Å². The van der Waals surface area contributed by atoms with Gasteiger partial charge in [-0.25, -0.2) is 4.39 Å².